The van der Waals surface area contributed by atoms with Crippen LogP contribution in [-0.2, 0) is 19.4 Å². The molecule has 1 fully saturated rings. The first-order chi connectivity index (χ1) is 12.2. The summed E-state index contributed by atoms with van der Waals surface area (Å²) in [5, 5.41) is 0. The molecule has 0 N–H and O–H groups in total. The van der Waals surface area contributed by atoms with Gasteiger partial charge in [0.25, 0.3) is 0 Å². The van der Waals surface area contributed by atoms with E-state index in [1.165, 1.54) is 6.92 Å². The van der Waals surface area contributed by atoms with E-state index in [0.717, 1.165) is 5.56 Å². The van der Waals surface area contributed by atoms with Gasteiger partial charge in [-0.1, -0.05) is 30.3 Å². The number of sulfone groups is 1. The average molecular weight is 381 g/mol. The molecule has 0 aromatic heterocycles. The van der Waals surface area contributed by atoms with Crippen LogP contribution in [0.2, 0.25) is 0 Å². The Morgan fingerprint density at radius 1 is 1.23 bits per heavy atom. The zero-order valence-electron chi connectivity index (χ0n) is 15.7. The Hall–Kier alpha value is -1.89. The van der Waals surface area contributed by atoms with E-state index in [4.69, 9.17) is 0 Å². The van der Waals surface area contributed by atoms with Crippen molar-refractivity contribution >= 4 is 21.7 Å². The Bertz CT molecular complexity index is 733. The van der Waals surface area contributed by atoms with E-state index in [-0.39, 0.29) is 41.8 Å². The lowest BCUT2D eigenvalue weighted by Crippen LogP contribution is -2.43. The molecule has 0 aliphatic carbocycles. The number of hydrogen-bond acceptors (Lipinski definition) is 4. The van der Waals surface area contributed by atoms with Crippen LogP contribution in [-0.4, -0.2) is 60.7 Å². The molecule has 0 bridgehead atoms. The van der Waals surface area contributed by atoms with Crippen LogP contribution in [0.3, 0.4) is 0 Å². The van der Waals surface area contributed by atoms with Gasteiger partial charge in [0.05, 0.1) is 17.5 Å². The lowest BCUT2D eigenvalue weighted by atomic mass is 10.1. The van der Waals surface area contributed by atoms with Crippen LogP contribution in [0, 0.1) is 0 Å². The molecule has 2 rings (SSSR count). The second-order valence-corrected chi connectivity index (χ2v) is 9.01. The second-order valence-electron chi connectivity index (χ2n) is 6.79. The molecule has 1 aliphatic rings. The van der Waals surface area contributed by atoms with E-state index < -0.39 is 9.84 Å². The number of amides is 2. The maximum Gasteiger partial charge on any atom is 0.224 e. The summed E-state index contributed by atoms with van der Waals surface area (Å²) in [7, 11) is -3.04. The number of hydrogen-bond donors (Lipinski definition) is 0. The predicted octanol–water partition coefficient (Wildman–Crippen LogP) is 2.02. The molecule has 144 valence electrons. The summed E-state index contributed by atoms with van der Waals surface area (Å²) >= 11 is 0. The molecule has 1 heterocycles. The van der Waals surface area contributed by atoms with Crippen molar-refractivity contribution < 1.29 is 18.0 Å². The molecular weight excluding hydrogens is 352 g/mol. The van der Waals surface area contributed by atoms with Crippen LogP contribution in [0.25, 0.3) is 0 Å². The largest absolute Gasteiger partial charge is 0.339 e. The highest BCUT2D eigenvalue weighted by atomic mass is 32.2. The predicted molar refractivity (Wildman–Crippen MR) is 101 cm³/mol. The Morgan fingerprint density at radius 3 is 2.38 bits per heavy atom. The minimum Gasteiger partial charge on any atom is -0.339 e. The molecule has 2 atom stereocenters. The summed E-state index contributed by atoms with van der Waals surface area (Å²) in [5.74, 6) is 0.0110. The van der Waals surface area contributed by atoms with Crippen molar-refractivity contribution in [1.29, 1.82) is 0 Å². The van der Waals surface area contributed by atoms with E-state index in [1.807, 2.05) is 44.2 Å². The maximum atomic E-state index is 12.7. The number of carbonyl (C=O) groups excluding carboxylic acids is 2. The lowest BCUT2D eigenvalue weighted by molar-refractivity contribution is -0.135. The number of benzene rings is 1. The fourth-order valence-electron chi connectivity index (χ4n) is 3.55. The van der Waals surface area contributed by atoms with Crippen molar-refractivity contribution in [2.24, 2.45) is 0 Å². The van der Waals surface area contributed by atoms with Crippen molar-refractivity contribution in [3.63, 3.8) is 0 Å². The van der Waals surface area contributed by atoms with Crippen LogP contribution in [0.4, 0.5) is 0 Å². The zero-order chi connectivity index (χ0) is 19.3. The second kappa shape index (κ2) is 8.66. The standard InChI is InChI=1S/C19H28N2O4S/c1-4-20(18-11-13-26(24,25)14-18)19(23)10-12-21(16(3)22)15(2)17-8-6-5-7-9-17/h5-9,15,18H,4,10-14H2,1-3H3. The third-order valence-electron chi connectivity index (χ3n) is 5.03. The lowest BCUT2D eigenvalue weighted by Gasteiger charge is -2.31. The van der Waals surface area contributed by atoms with Crippen molar-refractivity contribution in [1.82, 2.24) is 9.80 Å². The van der Waals surface area contributed by atoms with Crippen molar-refractivity contribution in [3.05, 3.63) is 35.9 Å². The fraction of sp³-hybridized carbons (Fsp3) is 0.579. The Labute approximate surface area is 156 Å². The fourth-order valence-corrected chi connectivity index (χ4v) is 5.29. The van der Waals surface area contributed by atoms with Gasteiger partial charge in [-0.3, -0.25) is 9.59 Å². The van der Waals surface area contributed by atoms with E-state index >= 15 is 0 Å². The number of carbonyl (C=O) groups is 2. The van der Waals surface area contributed by atoms with Gasteiger partial charge in [0.1, 0.15) is 0 Å². The molecule has 0 spiro atoms. The van der Waals surface area contributed by atoms with Gasteiger partial charge < -0.3 is 9.80 Å². The van der Waals surface area contributed by atoms with Crippen molar-refractivity contribution in [3.8, 4) is 0 Å². The molecule has 2 unspecified atom stereocenters. The Morgan fingerprint density at radius 2 is 1.88 bits per heavy atom. The summed E-state index contributed by atoms with van der Waals surface area (Å²) in [6.45, 7) is 6.11. The highest BCUT2D eigenvalue weighted by molar-refractivity contribution is 7.91. The third-order valence-corrected chi connectivity index (χ3v) is 6.78. The molecule has 1 aliphatic heterocycles. The van der Waals surface area contributed by atoms with Gasteiger partial charge in [0.15, 0.2) is 9.84 Å². The van der Waals surface area contributed by atoms with E-state index in [0.29, 0.717) is 19.5 Å². The number of nitrogens with zero attached hydrogens (tertiary/aromatic N) is 2. The zero-order valence-corrected chi connectivity index (χ0v) is 16.5. The van der Waals surface area contributed by atoms with Crippen LogP contribution >= 0.6 is 0 Å². The van der Waals surface area contributed by atoms with Gasteiger partial charge in [-0.05, 0) is 25.8 Å². The molecule has 7 heteroatoms. The molecule has 6 nitrogen and oxygen atoms in total. The third kappa shape index (κ3) is 5.06. The summed E-state index contributed by atoms with van der Waals surface area (Å²) in [5.41, 5.74) is 1.02. The minimum atomic E-state index is -3.04. The summed E-state index contributed by atoms with van der Waals surface area (Å²) < 4.78 is 23.4. The molecule has 26 heavy (non-hydrogen) atoms. The highest BCUT2D eigenvalue weighted by Gasteiger charge is 2.34. The van der Waals surface area contributed by atoms with Gasteiger partial charge in [0.2, 0.25) is 11.8 Å². The van der Waals surface area contributed by atoms with E-state index in [9.17, 15) is 18.0 Å². The monoisotopic (exact) mass is 380 g/mol. The first-order valence-electron chi connectivity index (χ1n) is 9.07. The molecule has 0 saturated carbocycles. The van der Waals surface area contributed by atoms with Gasteiger partial charge in [-0.2, -0.15) is 0 Å². The van der Waals surface area contributed by atoms with Gasteiger partial charge in [-0.15, -0.1) is 0 Å². The van der Waals surface area contributed by atoms with E-state index in [2.05, 4.69) is 0 Å². The Balaban J connectivity index is 2.01. The first kappa shape index (κ1) is 20.4. The Kier molecular flexibility index (Phi) is 6.81. The number of rotatable bonds is 7. The topological polar surface area (TPSA) is 74.8 Å². The SMILES string of the molecule is CCN(C(=O)CCN(C(C)=O)C(C)c1ccccc1)C1CCS(=O)(=O)C1. The van der Waals surface area contributed by atoms with Gasteiger partial charge >= 0.3 is 0 Å². The average Bonchev–Trinajstić information content (AvgIpc) is 2.95. The van der Waals surface area contributed by atoms with Crippen molar-refractivity contribution in [2.45, 2.75) is 45.7 Å². The van der Waals surface area contributed by atoms with Crippen molar-refractivity contribution in [2.75, 3.05) is 24.6 Å². The molecule has 1 aromatic carbocycles. The smallest absolute Gasteiger partial charge is 0.224 e. The molecule has 1 saturated heterocycles. The normalized spacial score (nSPS) is 19.7. The summed E-state index contributed by atoms with van der Waals surface area (Å²) in [6, 6.07) is 9.34. The van der Waals surface area contributed by atoms with Crippen LogP contribution in [0.1, 0.15) is 45.2 Å². The van der Waals surface area contributed by atoms with Crippen LogP contribution in [0.15, 0.2) is 30.3 Å². The highest BCUT2D eigenvalue weighted by Crippen LogP contribution is 2.22. The summed E-state index contributed by atoms with van der Waals surface area (Å²) in [4.78, 5) is 28.1. The van der Waals surface area contributed by atoms with Crippen LogP contribution < -0.4 is 0 Å². The van der Waals surface area contributed by atoms with E-state index in [1.54, 1.807) is 9.80 Å². The molecule has 1 aromatic rings. The molecule has 0 radical (unpaired) electrons. The minimum absolute atomic E-state index is 0.0451. The molecule has 2 amide bonds. The maximum absolute atomic E-state index is 12.7. The van der Waals surface area contributed by atoms with Gasteiger partial charge in [0, 0.05) is 32.5 Å². The quantitative estimate of drug-likeness (QED) is 0.725. The van der Waals surface area contributed by atoms with Crippen LogP contribution in [0.5, 0.6) is 0 Å². The van der Waals surface area contributed by atoms with Gasteiger partial charge in [-0.25, -0.2) is 8.42 Å². The first-order valence-corrected chi connectivity index (χ1v) is 10.9. The summed E-state index contributed by atoms with van der Waals surface area (Å²) in [6.07, 6.45) is 0.694. The molecular formula is C19H28N2O4S.